The Morgan fingerprint density at radius 3 is 1.83 bits per heavy atom. The van der Waals surface area contributed by atoms with Crippen LogP contribution in [0.2, 0.25) is 10.0 Å². The number of alkyl halides is 5. The molecular weight excluding hydrogens is 723 g/mol. The Hall–Kier alpha value is -0.930. The molecule has 6 nitrogen and oxygen atoms in total. The molecule has 0 aromatic heterocycles. The summed E-state index contributed by atoms with van der Waals surface area (Å²) < 4.78 is -2.18. The molecule has 216 valence electrons. The highest BCUT2D eigenvalue weighted by molar-refractivity contribution is 6.66. The molecule has 1 saturated heterocycles. The number of Topliss-reactive ketones (excluding diaryl/α,β-unsaturated/α-hetero) is 1. The number of carbonyl (C=O) groups excluding carboxylic acids is 4. The minimum absolute atomic E-state index is 0.00124. The van der Waals surface area contributed by atoms with Crippen LogP contribution in [0.15, 0.2) is 58.6 Å². The van der Waals surface area contributed by atoms with Gasteiger partial charge in [0.05, 0.1) is 32.5 Å². The maximum atomic E-state index is 14.2. The molecule has 0 N–H and O–H groups in total. The SMILES string of the molecule is O=C(c1ccc(Cl)cc1)[C@H](CCCl)N(C(=O)c1ccccc1Cl)N1C(=O)[C@@H]2[C@H](C1=O)[C@@]1(Cl)C(Cl)=C(Cl)[C@@]2(Cl)C1(Cl)Cl. The van der Waals surface area contributed by atoms with Crippen molar-refractivity contribution in [1.82, 2.24) is 10.0 Å². The molecule has 1 saturated carbocycles. The number of imide groups is 1. The molecule has 3 aliphatic rings. The summed E-state index contributed by atoms with van der Waals surface area (Å²) in [5.41, 5.74) is 0.0365. The van der Waals surface area contributed by atoms with Gasteiger partial charge in [0, 0.05) is 16.5 Å². The topological polar surface area (TPSA) is 74.8 Å². The highest BCUT2D eigenvalue weighted by atomic mass is 35.5. The molecule has 2 fully saturated rings. The van der Waals surface area contributed by atoms with Crippen LogP contribution in [0.25, 0.3) is 0 Å². The fourth-order valence-electron chi connectivity index (χ4n) is 5.60. The van der Waals surface area contributed by atoms with Crippen molar-refractivity contribution < 1.29 is 19.2 Å². The molecule has 2 bridgehead atoms. The van der Waals surface area contributed by atoms with E-state index in [0.717, 1.165) is 5.01 Å². The molecule has 41 heavy (non-hydrogen) atoms. The maximum Gasteiger partial charge on any atom is 0.275 e. The van der Waals surface area contributed by atoms with Gasteiger partial charge >= 0.3 is 0 Å². The van der Waals surface area contributed by atoms with Crippen LogP contribution in [0.1, 0.15) is 27.1 Å². The molecule has 0 unspecified atom stereocenters. The van der Waals surface area contributed by atoms with Crippen molar-refractivity contribution in [2.75, 3.05) is 5.88 Å². The normalized spacial score (nSPS) is 28.8. The number of benzene rings is 2. The molecule has 1 heterocycles. The van der Waals surface area contributed by atoms with E-state index in [1.165, 1.54) is 42.5 Å². The van der Waals surface area contributed by atoms with E-state index in [-0.39, 0.29) is 38.5 Å². The minimum atomic E-state index is -2.18. The van der Waals surface area contributed by atoms with Gasteiger partial charge in [-0.2, -0.15) is 5.01 Å². The van der Waals surface area contributed by atoms with Crippen molar-refractivity contribution >= 4 is 128 Å². The van der Waals surface area contributed by atoms with Crippen LogP contribution in [0.5, 0.6) is 0 Å². The van der Waals surface area contributed by atoms with Gasteiger partial charge in [-0.1, -0.05) is 81.7 Å². The van der Waals surface area contributed by atoms with E-state index in [1.807, 2.05) is 0 Å². The van der Waals surface area contributed by atoms with Crippen LogP contribution in [0.4, 0.5) is 0 Å². The van der Waals surface area contributed by atoms with Gasteiger partial charge in [0.2, 0.25) is 0 Å². The number of hydrazine groups is 1. The van der Waals surface area contributed by atoms with Gasteiger partial charge in [0.15, 0.2) is 10.1 Å². The molecular formula is C26H15Cl9N2O4. The van der Waals surface area contributed by atoms with E-state index in [9.17, 15) is 19.2 Å². The van der Waals surface area contributed by atoms with E-state index in [4.69, 9.17) is 104 Å². The lowest BCUT2D eigenvalue weighted by molar-refractivity contribution is -0.157. The zero-order valence-electron chi connectivity index (χ0n) is 20.2. The van der Waals surface area contributed by atoms with E-state index in [1.54, 1.807) is 6.07 Å². The van der Waals surface area contributed by atoms with Gasteiger partial charge in [0.1, 0.15) is 15.8 Å². The molecule has 0 spiro atoms. The second kappa shape index (κ2) is 10.9. The standard InChI is InChI=1S/C26H15Cl9N2O4/c27-10-9-15(18(38)11-5-7-12(28)8-6-11)36(21(39)13-3-1-2-4-14(13)29)37-22(40)16-17(23(37)41)25(33)20(31)19(30)24(16,32)26(25,34)35/h1-8,15-17H,9-10H2/t15-,16-,17+,24+,25+/m0/s1. The van der Waals surface area contributed by atoms with Crippen LogP contribution in [0, 0.1) is 11.8 Å². The highest BCUT2D eigenvalue weighted by Crippen LogP contribution is 2.77. The Morgan fingerprint density at radius 2 is 1.34 bits per heavy atom. The molecule has 5 rings (SSSR count). The molecule has 0 radical (unpaired) electrons. The molecule has 3 amide bonds. The zero-order chi connectivity index (χ0) is 30.2. The second-order valence-corrected chi connectivity index (χ2v) is 14.1. The number of halogens is 9. The van der Waals surface area contributed by atoms with Crippen molar-refractivity contribution in [1.29, 1.82) is 0 Å². The number of allylic oxidation sites excluding steroid dienone is 2. The number of carbonyl (C=O) groups is 4. The first-order valence-electron chi connectivity index (χ1n) is 11.8. The number of fused-ring (bicyclic) bond motifs is 5. The first-order valence-corrected chi connectivity index (χ1v) is 15.4. The van der Waals surface area contributed by atoms with Crippen LogP contribution in [-0.2, 0) is 9.59 Å². The average Bonchev–Trinajstić information content (AvgIpc) is 3.32. The second-order valence-electron chi connectivity index (χ2n) is 9.56. The van der Waals surface area contributed by atoms with Crippen molar-refractivity contribution in [3.05, 3.63) is 79.8 Å². The molecule has 2 aliphatic carbocycles. The fraction of sp³-hybridized carbons (Fsp3) is 0.308. The summed E-state index contributed by atoms with van der Waals surface area (Å²) in [5.74, 6) is -6.83. The number of ketones is 1. The first kappa shape index (κ1) is 31.5. The fourth-order valence-corrected chi connectivity index (χ4v) is 9.08. The summed E-state index contributed by atoms with van der Waals surface area (Å²) in [6.07, 6.45) is -0.168. The Labute approximate surface area is 279 Å². The highest BCUT2D eigenvalue weighted by Gasteiger charge is 2.88. The first-order chi connectivity index (χ1) is 19.2. The molecule has 2 aromatic rings. The zero-order valence-corrected chi connectivity index (χ0v) is 27.0. The maximum absolute atomic E-state index is 14.2. The lowest BCUT2D eigenvalue weighted by Crippen LogP contribution is -2.60. The summed E-state index contributed by atoms with van der Waals surface area (Å²) in [6, 6.07) is 10.3. The largest absolute Gasteiger partial charge is 0.292 e. The Morgan fingerprint density at radius 1 is 0.829 bits per heavy atom. The number of hydrogen-bond donors (Lipinski definition) is 0. The van der Waals surface area contributed by atoms with Gasteiger partial charge in [-0.25, -0.2) is 5.01 Å². The van der Waals surface area contributed by atoms with Crippen LogP contribution >= 0.6 is 104 Å². The minimum Gasteiger partial charge on any atom is -0.292 e. The number of amides is 3. The molecule has 5 atom stereocenters. The number of rotatable bonds is 7. The molecule has 15 heteroatoms. The third-order valence-corrected chi connectivity index (χ3v) is 12.6. The average molecular weight is 738 g/mol. The van der Waals surface area contributed by atoms with E-state index in [2.05, 4.69) is 0 Å². The van der Waals surface area contributed by atoms with Crippen LogP contribution in [-0.4, -0.2) is 59.5 Å². The molecule has 1 aliphatic heterocycles. The summed E-state index contributed by atoms with van der Waals surface area (Å²) in [4.78, 5) is 52.2. The van der Waals surface area contributed by atoms with Gasteiger partial charge in [-0.15, -0.1) is 34.8 Å². The number of nitrogens with zero attached hydrogens (tertiary/aromatic N) is 2. The molecule has 2 aromatic carbocycles. The predicted molar refractivity (Wildman–Crippen MR) is 162 cm³/mol. The van der Waals surface area contributed by atoms with Crippen molar-refractivity contribution in [2.45, 2.75) is 26.5 Å². The lowest BCUT2D eigenvalue weighted by atomic mass is 9.84. The summed E-state index contributed by atoms with van der Waals surface area (Å²) in [6.45, 7) is 0. The third-order valence-electron chi connectivity index (χ3n) is 7.52. The summed E-state index contributed by atoms with van der Waals surface area (Å²) in [5, 5.41) is 1.02. The van der Waals surface area contributed by atoms with E-state index >= 15 is 0 Å². The monoisotopic (exact) mass is 734 g/mol. The third kappa shape index (κ3) is 4.20. The van der Waals surface area contributed by atoms with Crippen LogP contribution < -0.4 is 0 Å². The Bertz CT molecular complexity index is 1490. The van der Waals surface area contributed by atoms with Gasteiger partial charge in [-0.3, -0.25) is 19.2 Å². The van der Waals surface area contributed by atoms with Gasteiger partial charge < -0.3 is 0 Å². The number of hydrogen-bond acceptors (Lipinski definition) is 4. The predicted octanol–water partition coefficient (Wildman–Crippen LogP) is 7.68. The quantitative estimate of drug-likeness (QED) is 0.166. The Kier molecular flexibility index (Phi) is 8.37. The van der Waals surface area contributed by atoms with Crippen molar-refractivity contribution in [3.63, 3.8) is 0 Å². The smallest absolute Gasteiger partial charge is 0.275 e. The van der Waals surface area contributed by atoms with Gasteiger partial charge in [0.25, 0.3) is 17.7 Å². The van der Waals surface area contributed by atoms with Crippen molar-refractivity contribution in [2.24, 2.45) is 11.8 Å². The summed E-state index contributed by atoms with van der Waals surface area (Å²) in [7, 11) is 0. The summed E-state index contributed by atoms with van der Waals surface area (Å²) >= 11 is 58.1. The Balaban J connectivity index is 1.69. The van der Waals surface area contributed by atoms with E-state index in [0.29, 0.717) is 10.0 Å². The lowest BCUT2D eigenvalue weighted by Gasteiger charge is -2.39. The van der Waals surface area contributed by atoms with Gasteiger partial charge in [-0.05, 0) is 42.8 Å². The van der Waals surface area contributed by atoms with Crippen LogP contribution in [0.3, 0.4) is 0 Å². The van der Waals surface area contributed by atoms with Crippen molar-refractivity contribution in [3.8, 4) is 0 Å². The van der Waals surface area contributed by atoms with E-state index < -0.39 is 55.5 Å².